The first-order chi connectivity index (χ1) is 15.1. The Morgan fingerprint density at radius 3 is 2.52 bits per heavy atom. The van der Waals surface area contributed by atoms with Gasteiger partial charge < -0.3 is 20.6 Å². The third-order valence-electron chi connectivity index (χ3n) is 5.57. The van der Waals surface area contributed by atoms with Gasteiger partial charge in [0.2, 0.25) is 5.91 Å². The van der Waals surface area contributed by atoms with E-state index in [0.29, 0.717) is 12.4 Å². The van der Waals surface area contributed by atoms with Crippen LogP contribution in [0.5, 0.6) is 5.75 Å². The fourth-order valence-corrected chi connectivity index (χ4v) is 3.70. The number of hydrogen-bond donors (Lipinski definition) is 3. The molecule has 1 amide bonds. The number of hydrogen-bond acceptors (Lipinski definition) is 7. The Kier molecular flexibility index (Phi) is 6.30. The first-order valence-electron chi connectivity index (χ1n) is 10.5. The molecule has 0 spiro atoms. The molecule has 0 bridgehead atoms. The number of phenolic OH excluding ortho intramolecular Hbond substituents is 1. The summed E-state index contributed by atoms with van der Waals surface area (Å²) >= 11 is 0. The van der Waals surface area contributed by atoms with Crippen molar-refractivity contribution in [2.75, 3.05) is 29.9 Å². The van der Waals surface area contributed by atoms with E-state index in [1.165, 1.54) is 0 Å². The smallest absolute Gasteiger partial charge is 0.223 e. The Labute approximate surface area is 181 Å². The number of carbonyl (C=O) groups is 1. The van der Waals surface area contributed by atoms with Gasteiger partial charge in [-0.25, -0.2) is 0 Å². The summed E-state index contributed by atoms with van der Waals surface area (Å²) in [4.78, 5) is 14.7. The average Bonchev–Trinajstić information content (AvgIpc) is 3.20. The molecule has 1 saturated heterocycles. The molecule has 0 atom stereocenters. The highest BCUT2D eigenvalue weighted by Gasteiger charge is 2.25. The summed E-state index contributed by atoms with van der Waals surface area (Å²) in [7, 11) is 1.86. The SMILES string of the molecule is Cn1nccc1Nc1ccc(N2CCC(C(=O)NCCc3ccc(O)cc3)CC2)nn1. The third kappa shape index (κ3) is 5.30. The Morgan fingerprint density at radius 1 is 1.10 bits per heavy atom. The summed E-state index contributed by atoms with van der Waals surface area (Å²) in [6, 6.07) is 12.8. The number of piperidine rings is 1. The largest absolute Gasteiger partial charge is 0.508 e. The number of carbonyl (C=O) groups excluding carboxylic acids is 1. The van der Waals surface area contributed by atoms with E-state index >= 15 is 0 Å². The van der Waals surface area contributed by atoms with Crippen molar-refractivity contribution < 1.29 is 9.90 Å². The fraction of sp³-hybridized carbons (Fsp3) is 0.364. The van der Waals surface area contributed by atoms with Crippen molar-refractivity contribution in [3.8, 4) is 5.75 Å². The zero-order chi connectivity index (χ0) is 21.6. The monoisotopic (exact) mass is 421 g/mol. The Bertz CT molecular complexity index is 993. The van der Waals surface area contributed by atoms with Crippen LogP contribution in [0.2, 0.25) is 0 Å². The van der Waals surface area contributed by atoms with E-state index < -0.39 is 0 Å². The van der Waals surface area contributed by atoms with Crippen molar-refractivity contribution in [2.24, 2.45) is 13.0 Å². The number of anilines is 3. The van der Waals surface area contributed by atoms with Crippen molar-refractivity contribution >= 4 is 23.4 Å². The quantitative estimate of drug-likeness (QED) is 0.537. The minimum absolute atomic E-state index is 0.0230. The molecule has 1 aliphatic rings. The lowest BCUT2D eigenvalue weighted by atomic mass is 9.96. The maximum Gasteiger partial charge on any atom is 0.223 e. The number of benzene rings is 1. The molecule has 162 valence electrons. The molecular weight excluding hydrogens is 394 g/mol. The van der Waals surface area contributed by atoms with E-state index in [1.54, 1.807) is 23.0 Å². The normalized spacial score (nSPS) is 14.4. The van der Waals surface area contributed by atoms with Crippen LogP contribution in [0.15, 0.2) is 48.7 Å². The molecule has 1 fully saturated rings. The van der Waals surface area contributed by atoms with Crippen LogP contribution in [0.25, 0.3) is 0 Å². The van der Waals surface area contributed by atoms with Crippen molar-refractivity contribution in [1.29, 1.82) is 0 Å². The Hall–Kier alpha value is -3.62. The van der Waals surface area contributed by atoms with Crippen molar-refractivity contribution in [3.63, 3.8) is 0 Å². The average molecular weight is 422 g/mol. The summed E-state index contributed by atoms with van der Waals surface area (Å²) in [5.74, 6) is 2.72. The van der Waals surface area contributed by atoms with E-state index in [0.717, 1.165) is 49.6 Å². The van der Waals surface area contributed by atoms with Crippen LogP contribution in [0.4, 0.5) is 17.5 Å². The highest BCUT2D eigenvalue weighted by Crippen LogP contribution is 2.23. The molecule has 3 heterocycles. The Balaban J connectivity index is 1.22. The van der Waals surface area contributed by atoms with Crippen LogP contribution >= 0.6 is 0 Å². The number of aromatic hydroxyl groups is 1. The molecule has 0 radical (unpaired) electrons. The van der Waals surface area contributed by atoms with Crippen molar-refractivity contribution in [3.05, 3.63) is 54.2 Å². The second kappa shape index (κ2) is 9.46. The van der Waals surface area contributed by atoms with Gasteiger partial charge in [-0.15, -0.1) is 10.2 Å². The van der Waals surface area contributed by atoms with Crippen molar-refractivity contribution in [2.45, 2.75) is 19.3 Å². The van der Waals surface area contributed by atoms with E-state index in [1.807, 2.05) is 37.4 Å². The molecule has 9 nitrogen and oxygen atoms in total. The number of rotatable bonds is 7. The molecule has 1 aromatic carbocycles. The van der Waals surface area contributed by atoms with E-state index in [2.05, 4.69) is 30.8 Å². The van der Waals surface area contributed by atoms with E-state index in [-0.39, 0.29) is 17.6 Å². The lowest BCUT2D eigenvalue weighted by Crippen LogP contribution is -2.41. The zero-order valence-corrected chi connectivity index (χ0v) is 17.5. The summed E-state index contributed by atoms with van der Waals surface area (Å²) < 4.78 is 1.73. The van der Waals surface area contributed by atoms with Gasteiger partial charge in [0, 0.05) is 38.7 Å². The number of phenols is 1. The standard InChI is InChI=1S/C22H27N7O2/c1-28-20(9-13-24-28)25-19-6-7-21(27-26-19)29-14-10-17(11-15-29)22(31)23-12-8-16-2-4-18(30)5-3-16/h2-7,9,13,17,30H,8,10-12,14-15H2,1H3,(H,23,31)(H,25,26). The molecule has 0 aliphatic carbocycles. The van der Waals surface area contributed by atoms with Crippen molar-refractivity contribution in [1.82, 2.24) is 25.3 Å². The minimum atomic E-state index is 0.0230. The van der Waals surface area contributed by atoms with Crippen LogP contribution in [0, 0.1) is 5.92 Å². The first-order valence-corrected chi connectivity index (χ1v) is 10.5. The molecular formula is C22H27N7O2. The van der Waals surface area contributed by atoms with Gasteiger partial charge in [0.1, 0.15) is 11.6 Å². The van der Waals surface area contributed by atoms with Gasteiger partial charge in [-0.2, -0.15) is 5.10 Å². The molecule has 31 heavy (non-hydrogen) atoms. The number of aryl methyl sites for hydroxylation is 1. The Morgan fingerprint density at radius 2 is 1.87 bits per heavy atom. The summed E-state index contributed by atoms with van der Waals surface area (Å²) in [5, 5.41) is 28.3. The zero-order valence-electron chi connectivity index (χ0n) is 17.5. The fourth-order valence-electron chi connectivity index (χ4n) is 3.70. The first kappa shape index (κ1) is 20.6. The van der Waals surface area contributed by atoms with Gasteiger partial charge >= 0.3 is 0 Å². The maximum atomic E-state index is 12.5. The molecule has 4 rings (SSSR count). The lowest BCUT2D eigenvalue weighted by molar-refractivity contribution is -0.125. The molecule has 3 aromatic rings. The van der Waals surface area contributed by atoms with E-state index in [4.69, 9.17) is 0 Å². The molecule has 9 heteroatoms. The molecule has 3 N–H and O–H groups in total. The van der Waals surface area contributed by atoms with Crippen LogP contribution in [-0.4, -0.2) is 50.6 Å². The van der Waals surface area contributed by atoms with E-state index in [9.17, 15) is 9.90 Å². The lowest BCUT2D eigenvalue weighted by Gasteiger charge is -2.31. The van der Waals surface area contributed by atoms with Gasteiger partial charge in [0.25, 0.3) is 0 Å². The van der Waals surface area contributed by atoms with Crippen LogP contribution < -0.4 is 15.5 Å². The second-order valence-corrected chi connectivity index (χ2v) is 7.71. The highest BCUT2D eigenvalue weighted by atomic mass is 16.3. The van der Waals surface area contributed by atoms with Gasteiger partial charge in [-0.3, -0.25) is 9.48 Å². The van der Waals surface area contributed by atoms with Gasteiger partial charge in [0.15, 0.2) is 11.6 Å². The maximum absolute atomic E-state index is 12.5. The number of nitrogens with one attached hydrogen (secondary N) is 2. The molecule has 2 aromatic heterocycles. The molecule has 0 unspecified atom stereocenters. The molecule has 0 saturated carbocycles. The number of aromatic nitrogens is 4. The van der Waals surface area contributed by atoms with Gasteiger partial charge in [0.05, 0.1) is 6.20 Å². The predicted octanol–water partition coefficient (Wildman–Crippen LogP) is 2.23. The topological polar surface area (TPSA) is 108 Å². The second-order valence-electron chi connectivity index (χ2n) is 7.71. The van der Waals surface area contributed by atoms with Crippen LogP contribution in [-0.2, 0) is 18.3 Å². The summed E-state index contributed by atoms with van der Waals surface area (Å²) in [6.45, 7) is 2.15. The van der Waals surface area contributed by atoms with Crippen LogP contribution in [0.3, 0.4) is 0 Å². The number of amides is 1. The molecule has 1 aliphatic heterocycles. The summed E-state index contributed by atoms with van der Waals surface area (Å²) in [6.07, 6.45) is 4.06. The minimum Gasteiger partial charge on any atom is -0.508 e. The van der Waals surface area contributed by atoms with Crippen LogP contribution in [0.1, 0.15) is 18.4 Å². The van der Waals surface area contributed by atoms with Gasteiger partial charge in [-0.1, -0.05) is 12.1 Å². The van der Waals surface area contributed by atoms with Gasteiger partial charge in [-0.05, 0) is 49.1 Å². The predicted molar refractivity (Wildman–Crippen MR) is 118 cm³/mol. The summed E-state index contributed by atoms with van der Waals surface area (Å²) in [5.41, 5.74) is 1.09. The number of nitrogens with zero attached hydrogens (tertiary/aromatic N) is 5. The third-order valence-corrected chi connectivity index (χ3v) is 5.57. The highest BCUT2D eigenvalue weighted by molar-refractivity contribution is 5.79.